The summed E-state index contributed by atoms with van der Waals surface area (Å²) in [5.74, 6) is 1.63. The number of hydrogen-bond acceptors (Lipinski definition) is 7. The summed E-state index contributed by atoms with van der Waals surface area (Å²) in [7, 11) is 2.21. The molecule has 3 aliphatic heterocycles. The first-order valence-corrected chi connectivity index (χ1v) is 14.6. The van der Waals surface area contributed by atoms with Crippen LogP contribution in [0.1, 0.15) is 53.9 Å². The van der Waals surface area contributed by atoms with Gasteiger partial charge in [-0.05, 0) is 106 Å². The number of allylic oxidation sites excluding steroid dienone is 1. The van der Waals surface area contributed by atoms with Crippen LogP contribution in [0.25, 0.3) is 22.6 Å². The summed E-state index contributed by atoms with van der Waals surface area (Å²) in [6.07, 6.45) is 6.89. The molecule has 2 fully saturated rings. The van der Waals surface area contributed by atoms with Crippen molar-refractivity contribution in [2.75, 3.05) is 26.7 Å². The number of nitrogens with zero attached hydrogens (tertiary/aromatic N) is 4. The minimum absolute atomic E-state index is 0.0208. The van der Waals surface area contributed by atoms with E-state index in [2.05, 4.69) is 53.3 Å². The number of hydrogen-bond donors (Lipinski definition) is 0. The summed E-state index contributed by atoms with van der Waals surface area (Å²) in [5.41, 5.74) is 7.58. The lowest BCUT2D eigenvalue weighted by Crippen LogP contribution is -2.57. The van der Waals surface area contributed by atoms with Gasteiger partial charge >= 0.3 is 0 Å². The molecule has 206 valence electrons. The van der Waals surface area contributed by atoms with Gasteiger partial charge in [0.05, 0.1) is 6.10 Å². The molecule has 7 rings (SSSR count). The molecule has 3 unspecified atom stereocenters. The summed E-state index contributed by atoms with van der Waals surface area (Å²) in [4.78, 5) is 21.1. The monoisotopic (exact) mass is 536 g/mol. The highest BCUT2D eigenvalue weighted by Crippen LogP contribution is 2.54. The number of carbonyl (C=O) groups is 1. The molecule has 0 N–H and O–H groups in total. The lowest BCUT2D eigenvalue weighted by molar-refractivity contribution is -0.105. The summed E-state index contributed by atoms with van der Waals surface area (Å²) in [6.45, 7) is 6.92. The number of piperidine rings is 1. The molecule has 7 heteroatoms. The fourth-order valence-electron chi connectivity index (χ4n) is 7.45. The van der Waals surface area contributed by atoms with Crippen molar-refractivity contribution in [2.45, 2.75) is 58.2 Å². The Hall–Kier alpha value is -3.42. The highest BCUT2D eigenvalue weighted by molar-refractivity contribution is 6.02. The molecule has 1 aliphatic carbocycles. The molecule has 3 aromatic rings. The van der Waals surface area contributed by atoms with E-state index in [1.165, 1.54) is 11.3 Å². The number of Topliss-reactive ketones (excluding diaryl/α,β-unsaturated/α-hetero) is 1. The van der Waals surface area contributed by atoms with Gasteiger partial charge in [0.1, 0.15) is 6.10 Å². The Labute approximate surface area is 235 Å². The largest absolute Gasteiger partial charge is 0.421 e. The molecule has 2 saturated heterocycles. The van der Waals surface area contributed by atoms with Gasteiger partial charge < -0.3 is 14.1 Å². The van der Waals surface area contributed by atoms with Crippen LogP contribution < -0.4 is 0 Å². The Morgan fingerprint density at radius 3 is 2.50 bits per heavy atom. The number of likely N-dealkylation sites (tertiary alicyclic amines) is 1. The topological polar surface area (TPSA) is 80.8 Å². The number of aliphatic imine (C=N–C) groups is 1. The van der Waals surface area contributed by atoms with Gasteiger partial charge in [-0.3, -0.25) is 9.79 Å². The Kier molecular flexibility index (Phi) is 6.32. The van der Waals surface area contributed by atoms with Crippen molar-refractivity contribution in [1.29, 1.82) is 0 Å². The molecular formula is C33H36N4O3. The second-order valence-corrected chi connectivity index (χ2v) is 12.0. The van der Waals surface area contributed by atoms with Crippen molar-refractivity contribution < 1.29 is 13.9 Å². The maximum absolute atomic E-state index is 13.8. The second kappa shape index (κ2) is 9.89. The van der Waals surface area contributed by atoms with E-state index in [1.807, 2.05) is 24.3 Å². The fourth-order valence-corrected chi connectivity index (χ4v) is 7.45. The van der Waals surface area contributed by atoms with Crippen LogP contribution in [0.2, 0.25) is 0 Å². The maximum Gasteiger partial charge on any atom is 0.247 e. The Morgan fingerprint density at radius 1 is 1.00 bits per heavy atom. The van der Waals surface area contributed by atoms with E-state index in [0.717, 1.165) is 79.6 Å². The Bertz CT molecular complexity index is 1510. The summed E-state index contributed by atoms with van der Waals surface area (Å²) in [5, 5.41) is 8.02. The number of aromatic nitrogens is 2. The molecule has 0 bridgehead atoms. The molecule has 0 radical (unpaired) electrons. The maximum atomic E-state index is 13.8. The number of ketones is 1. The van der Waals surface area contributed by atoms with E-state index in [0.29, 0.717) is 17.7 Å². The standard InChI is InChI=1S/C33H36N4O3/c1-20-18-24(8-10-26(20)22-4-6-23(7-5-22)32-36-35-21(2)39-32)30(38)29-11-9-25-19-28-27(12-15-34-28)33(31(25)40-29)13-16-37(3)17-14-33/h4-8,10,18-19,27,29,31H,9,11-17H2,1-3H3. The molecule has 2 aromatic carbocycles. The van der Waals surface area contributed by atoms with E-state index >= 15 is 0 Å². The van der Waals surface area contributed by atoms with Gasteiger partial charge in [-0.25, -0.2) is 0 Å². The highest BCUT2D eigenvalue weighted by atomic mass is 16.5. The molecular weight excluding hydrogens is 500 g/mol. The number of fused-ring (bicyclic) bond motifs is 4. The van der Waals surface area contributed by atoms with Crippen LogP contribution in [0.3, 0.4) is 0 Å². The van der Waals surface area contributed by atoms with E-state index in [-0.39, 0.29) is 17.3 Å². The Balaban J connectivity index is 1.11. The third kappa shape index (κ3) is 4.27. The quantitative estimate of drug-likeness (QED) is 0.389. The average Bonchev–Trinajstić information content (AvgIpc) is 3.63. The lowest BCUT2D eigenvalue weighted by Gasteiger charge is -2.54. The minimum Gasteiger partial charge on any atom is -0.421 e. The van der Waals surface area contributed by atoms with E-state index in [4.69, 9.17) is 14.1 Å². The van der Waals surface area contributed by atoms with E-state index in [9.17, 15) is 4.79 Å². The van der Waals surface area contributed by atoms with Crippen molar-refractivity contribution in [1.82, 2.24) is 15.1 Å². The SMILES string of the molecule is Cc1nnc(-c2ccc(-c3ccc(C(=O)C4CCC5=CC6=NCCC6C6(CCN(C)CC6)C5O4)cc3C)cc2)o1. The van der Waals surface area contributed by atoms with Crippen LogP contribution in [0.4, 0.5) is 0 Å². The normalized spacial score (nSPS) is 25.7. The number of benzene rings is 2. The van der Waals surface area contributed by atoms with E-state index < -0.39 is 6.10 Å². The zero-order valence-corrected chi connectivity index (χ0v) is 23.5. The summed E-state index contributed by atoms with van der Waals surface area (Å²) in [6, 6.07) is 14.1. The lowest BCUT2D eigenvalue weighted by atomic mass is 9.58. The summed E-state index contributed by atoms with van der Waals surface area (Å²) < 4.78 is 12.4. The van der Waals surface area contributed by atoms with E-state index in [1.54, 1.807) is 6.92 Å². The molecule has 4 aliphatic rings. The number of aryl methyl sites for hydroxylation is 2. The molecule has 1 spiro atoms. The van der Waals surface area contributed by atoms with Crippen molar-refractivity contribution in [2.24, 2.45) is 16.3 Å². The number of carbonyl (C=O) groups excluding carboxylic acids is 1. The van der Waals surface area contributed by atoms with Crippen LogP contribution in [-0.2, 0) is 4.74 Å². The minimum atomic E-state index is -0.402. The third-order valence-corrected chi connectivity index (χ3v) is 9.64. The van der Waals surface area contributed by atoms with Crippen LogP contribution in [-0.4, -0.2) is 65.5 Å². The van der Waals surface area contributed by atoms with Crippen LogP contribution in [0, 0.1) is 25.2 Å². The van der Waals surface area contributed by atoms with Gasteiger partial charge in [0.15, 0.2) is 5.78 Å². The van der Waals surface area contributed by atoms with Crippen LogP contribution >= 0.6 is 0 Å². The van der Waals surface area contributed by atoms with Gasteiger partial charge in [0.25, 0.3) is 0 Å². The van der Waals surface area contributed by atoms with Gasteiger partial charge in [-0.15, -0.1) is 10.2 Å². The molecule has 0 saturated carbocycles. The van der Waals surface area contributed by atoms with Crippen molar-refractivity contribution in [3.8, 4) is 22.6 Å². The zero-order valence-electron chi connectivity index (χ0n) is 23.5. The predicted molar refractivity (Wildman–Crippen MR) is 155 cm³/mol. The van der Waals surface area contributed by atoms with Gasteiger partial charge in [-0.2, -0.15) is 0 Å². The average molecular weight is 537 g/mol. The third-order valence-electron chi connectivity index (χ3n) is 9.64. The van der Waals surface area contributed by atoms with Crippen molar-refractivity contribution in [3.63, 3.8) is 0 Å². The van der Waals surface area contributed by atoms with Gasteiger partial charge in [0.2, 0.25) is 11.8 Å². The molecule has 7 nitrogen and oxygen atoms in total. The first kappa shape index (κ1) is 25.5. The van der Waals surface area contributed by atoms with Crippen LogP contribution in [0.15, 0.2) is 63.5 Å². The van der Waals surface area contributed by atoms with Gasteiger partial charge in [0, 0.05) is 41.6 Å². The fraction of sp³-hybridized carbons (Fsp3) is 0.455. The first-order valence-electron chi connectivity index (χ1n) is 14.6. The molecule has 1 aromatic heterocycles. The second-order valence-electron chi connectivity index (χ2n) is 12.0. The molecule has 4 heterocycles. The summed E-state index contributed by atoms with van der Waals surface area (Å²) >= 11 is 0. The van der Waals surface area contributed by atoms with Crippen LogP contribution in [0.5, 0.6) is 0 Å². The van der Waals surface area contributed by atoms with Crippen molar-refractivity contribution in [3.05, 3.63) is 71.1 Å². The first-order chi connectivity index (χ1) is 19.4. The number of ether oxygens (including phenoxy) is 1. The van der Waals surface area contributed by atoms with Gasteiger partial charge in [-0.1, -0.05) is 24.3 Å². The number of rotatable bonds is 4. The molecule has 0 amide bonds. The predicted octanol–water partition coefficient (Wildman–Crippen LogP) is 5.86. The smallest absolute Gasteiger partial charge is 0.247 e. The van der Waals surface area contributed by atoms with Crippen molar-refractivity contribution >= 4 is 11.5 Å². The Morgan fingerprint density at radius 2 is 1.77 bits per heavy atom. The molecule has 40 heavy (non-hydrogen) atoms. The molecule has 3 atom stereocenters. The highest BCUT2D eigenvalue weighted by Gasteiger charge is 2.55. The zero-order chi connectivity index (χ0) is 27.4.